The van der Waals surface area contributed by atoms with Crippen LogP contribution in [0.25, 0.3) is 0 Å². The van der Waals surface area contributed by atoms with Gasteiger partial charge in [0, 0.05) is 0 Å². The van der Waals surface area contributed by atoms with Gasteiger partial charge in [-0.25, -0.2) is 0 Å². The van der Waals surface area contributed by atoms with Crippen molar-refractivity contribution < 1.29 is 0 Å². The Labute approximate surface area is 108 Å². The second-order valence-electron chi connectivity index (χ2n) is 6.32. The highest BCUT2D eigenvalue weighted by atomic mass is 14.8. The predicted octanol–water partition coefficient (Wildman–Crippen LogP) is 4.41. The first kappa shape index (κ1) is 9.38. The van der Waals surface area contributed by atoms with Crippen molar-refractivity contribution in [1.82, 2.24) is 0 Å². The summed E-state index contributed by atoms with van der Waals surface area (Å²) in [4.78, 5) is 0. The molecule has 0 radical (unpaired) electrons. The van der Waals surface area contributed by atoms with Crippen molar-refractivity contribution in [2.24, 2.45) is 10.8 Å². The molecule has 0 heterocycles. The second kappa shape index (κ2) is 2.18. The van der Waals surface area contributed by atoms with E-state index in [1.807, 2.05) is 0 Å². The third-order valence-corrected chi connectivity index (χ3v) is 6.32. The van der Waals surface area contributed by atoms with E-state index >= 15 is 0 Å². The van der Waals surface area contributed by atoms with E-state index in [0.29, 0.717) is 0 Å². The van der Waals surface area contributed by atoms with Crippen molar-refractivity contribution in [3.8, 4) is 0 Å². The van der Waals surface area contributed by atoms with Crippen LogP contribution in [0.15, 0.2) is 68.9 Å². The molecular formula is C18H16. The average Bonchev–Trinajstić information content (AvgIpc) is 2.84. The second-order valence-corrected chi connectivity index (χ2v) is 6.32. The zero-order valence-corrected chi connectivity index (χ0v) is 11.3. The molecule has 5 aliphatic rings. The molecule has 0 nitrogen and oxygen atoms in total. The van der Waals surface area contributed by atoms with Crippen molar-refractivity contribution in [3.05, 3.63) is 68.9 Å². The highest BCUT2D eigenvalue weighted by Gasteiger charge is 2.75. The molecule has 0 aromatic heterocycles. The zero-order chi connectivity index (χ0) is 12.4. The standard InChI is InChI=1S/C18H16/c1-9-11(3)17-13(9)5-7-15(17)18-12(4)10(2)14(18)6-8-16(17)18/h5-8H,1-4H3. The Morgan fingerprint density at radius 1 is 0.611 bits per heavy atom. The van der Waals surface area contributed by atoms with Gasteiger partial charge in [-0.2, -0.15) is 0 Å². The van der Waals surface area contributed by atoms with E-state index in [1.54, 1.807) is 33.4 Å². The van der Waals surface area contributed by atoms with E-state index < -0.39 is 0 Å². The lowest BCUT2D eigenvalue weighted by molar-refractivity contribution is 0.303. The van der Waals surface area contributed by atoms with Gasteiger partial charge in [0.15, 0.2) is 0 Å². The van der Waals surface area contributed by atoms with Gasteiger partial charge in [-0.15, -0.1) is 0 Å². The topological polar surface area (TPSA) is 0 Å². The molecule has 0 bridgehead atoms. The Bertz CT molecular complexity index is 657. The highest BCUT2D eigenvalue weighted by molar-refractivity contribution is 5.91. The molecule has 0 aromatic carbocycles. The van der Waals surface area contributed by atoms with E-state index in [2.05, 4.69) is 52.0 Å². The minimum atomic E-state index is 0.240. The number of allylic oxidation sites excluding steroid dienone is 12. The summed E-state index contributed by atoms with van der Waals surface area (Å²) < 4.78 is 0. The highest BCUT2D eigenvalue weighted by Crippen LogP contribution is 2.85. The molecule has 5 aliphatic carbocycles. The van der Waals surface area contributed by atoms with Crippen LogP contribution in [0.3, 0.4) is 0 Å². The third-order valence-electron chi connectivity index (χ3n) is 6.32. The summed E-state index contributed by atoms with van der Waals surface area (Å²) in [5.41, 5.74) is 13.1. The van der Waals surface area contributed by atoms with Gasteiger partial charge in [-0.05, 0) is 61.1 Å². The molecular weight excluding hydrogens is 216 g/mol. The lowest BCUT2D eigenvalue weighted by Gasteiger charge is -2.68. The Kier molecular flexibility index (Phi) is 1.14. The summed E-state index contributed by atoms with van der Waals surface area (Å²) in [7, 11) is 0. The van der Waals surface area contributed by atoms with Gasteiger partial charge in [-0.1, -0.05) is 35.5 Å². The molecule has 18 heavy (non-hydrogen) atoms. The van der Waals surface area contributed by atoms with Gasteiger partial charge in [0.1, 0.15) is 0 Å². The van der Waals surface area contributed by atoms with Crippen LogP contribution in [0, 0.1) is 10.8 Å². The fourth-order valence-corrected chi connectivity index (χ4v) is 5.32. The number of hydrogen-bond donors (Lipinski definition) is 0. The van der Waals surface area contributed by atoms with Gasteiger partial charge in [0.25, 0.3) is 0 Å². The molecule has 0 aromatic rings. The summed E-state index contributed by atoms with van der Waals surface area (Å²) in [6.07, 6.45) is 9.54. The van der Waals surface area contributed by atoms with Gasteiger partial charge in [0.2, 0.25) is 0 Å². The largest absolute Gasteiger partial charge is 0.0622 e. The lowest BCUT2D eigenvalue weighted by Crippen LogP contribution is -2.59. The molecule has 88 valence electrons. The summed E-state index contributed by atoms with van der Waals surface area (Å²) >= 11 is 0. The maximum atomic E-state index is 2.40. The van der Waals surface area contributed by atoms with Crippen LogP contribution in [0.4, 0.5) is 0 Å². The van der Waals surface area contributed by atoms with E-state index in [-0.39, 0.29) is 10.8 Å². The first-order valence-corrected chi connectivity index (χ1v) is 6.82. The van der Waals surface area contributed by atoms with E-state index in [1.165, 1.54) is 11.1 Å². The zero-order valence-electron chi connectivity index (χ0n) is 11.3. The number of rotatable bonds is 0. The van der Waals surface area contributed by atoms with Crippen molar-refractivity contribution in [2.75, 3.05) is 0 Å². The SMILES string of the molecule is CC1=C(C)C23C1=CC=C2C12C(=CC=C31)C(C)=C2C. The number of hydrogen-bond acceptors (Lipinski definition) is 0. The third kappa shape index (κ3) is 0.497. The quantitative estimate of drug-likeness (QED) is 0.580. The summed E-state index contributed by atoms with van der Waals surface area (Å²) in [5, 5.41) is 0. The molecule has 5 rings (SSSR count). The van der Waals surface area contributed by atoms with Gasteiger partial charge >= 0.3 is 0 Å². The monoisotopic (exact) mass is 232 g/mol. The molecule has 0 amide bonds. The fraction of sp³-hybridized carbons (Fsp3) is 0.333. The molecule has 0 atom stereocenters. The van der Waals surface area contributed by atoms with Crippen molar-refractivity contribution in [2.45, 2.75) is 27.7 Å². The van der Waals surface area contributed by atoms with Crippen LogP contribution >= 0.6 is 0 Å². The van der Waals surface area contributed by atoms with E-state index in [4.69, 9.17) is 0 Å². The van der Waals surface area contributed by atoms with Crippen LogP contribution < -0.4 is 0 Å². The van der Waals surface area contributed by atoms with E-state index in [9.17, 15) is 0 Å². The predicted molar refractivity (Wildman–Crippen MR) is 73.9 cm³/mol. The maximum Gasteiger partial charge on any atom is 0.0622 e. The van der Waals surface area contributed by atoms with Crippen LogP contribution in [0.2, 0.25) is 0 Å². The van der Waals surface area contributed by atoms with Crippen molar-refractivity contribution >= 4 is 0 Å². The first-order chi connectivity index (χ1) is 8.59. The fourth-order valence-electron chi connectivity index (χ4n) is 5.32. The molecule has 2 spiro atoms. The molecule has 0 unspecified atom stereocenters. The maximum absolute atomic E-state index is 2.40. The molecule has 0 saturated heterocycles. The summed E-state index contributed by atoms with van der Waals surface area (Å²) in [6.45, 7) is 9.18. The Hall–Kier alpha value is -1.56. The summed E-state index contributed by atoms with van der Waals surface area (Å²) in [5.74, 6) is 0. The molecule has 1 fully saturated rings. The minimum Gasteiger partial charge on any atom is -0.0596 e. The van der Waals surface area contributed by atoms with E-state index in [0.717, 1.165) is 0 Å². The lowest BCUT2D eigenvalue weighted by atomic mass is 9.33. The molecule has 0 heteroatoms. The molecule has 0 aliphatic heterocycles. The average molecular weight is 232 g/mol. The molecule has 1 saturated carbocycles. The minimum absolute atomic E-state index is 0.240. The normalized spacial score (nSPS) is 41.6. The van der Waals surface area contributed by atoms with Crippen molar-refractivity contribution in [1.29, 1.82) is 0 Å². The van der Waals surface area contributed by atoms with Crippen molar-refractivity contribution in [3.63, 3.8) is 0 Å². The Morgan fingerprint density at radius 2 is 1.00 bits per heavy atom. The smallest absolute Gasteiger partial charge is 0.0596 e. The Balaban J connectivity index is 1.83. The summed E-state index contributed by atoms with van der Waals surface area (Å²) in [6, 6.07) is 0. The van der Waals surface area contributed by atoms with Gasteiger partial charge < -0.3 is 0 Å². The first-order valence-electron chi connectivity index (χ1n) is 6.82. The van der Waals surface area contributed by atoms with Gasteiger partial charge in [-0.3, -0.25) is 0 Å². The molecule has 0 N–H and O–H groups in total. The van der Waals surface area contributed by atoms with Gasteiger partial charge in [0.05, 0.1) is 10.8 Å². The van der Waals surface area contributed by atoms with Crippen LogP contribution in [0.5, 0.6) is 0 Å². The van der Waals surface area contributed by atoms with Crippen LogP contribution in [0.1, 0.15) is 27.7 Å². The van der Waals surface area contributed by atoms with Crippen LogP contribution in [-0.4, -0.2) is 0 Å². The Morgan fingerprint density at radius 3 is 1.39 bits per heavy atom. The van der Waals surface area contributed by atoms with Crippen LogP contribution in [-0.2, 0) is 0 Å².